The van der Waals surface area contributed by atoms with Crippen molar-refractivity contribution < 1.29 is 19.5 Å². The number of aromatic nitrogens is 2. The number of amides is 2. The van der Waals surface area contributed by atoms with E-state index in [1.54, 1.807) is 24.3 Å². The molecule has 2 aromatic rings. The lowest BCUT2D eigenvalue weighted by atomic mass is 9.68. The van der Waals surface area contributed by atoms with E-state index in [-0.39, 0.29) is 11.9 Å². The number of urea groups is 1. The van der Waals surface area contributed by atoms with Crippen molar-refractivity contribution in [1.29, 1.82) is 0 Å². The fourth-order valence-electron chi connectivity index (χ4n) is 4.02. The summed E-state index contributed by atoms with van der Waals surface area (Å²) in [6.45, 7) is 6.07. The molecule has 160 valence electrons. The van der Waals surface area contributed by atoms with Crippen LogP contribution in [-0.2, 0) is 9.57 Å². The fraction of sp³-hybridized carbons (Fsp3) is 0.600. The third-order valence-electron chi connectivity index (χ3n) is 5.93. The highest BCUT2D eigenvalue weighted by Gasteiger charge is 2.40. The zero-order valence-corrected chi connectivity index (χ0v) is 17.8. The number of aliphatic hydroxyl groups excluding tert-OH is 1. The Morgan fingerprint density at radius 3 is 2.83 bits per heavy atom. The second-order valence-electron chi connectivity index (χ2n) is 8.06. The molecular weight excluding hydrogens is 396 g/mol. The minimum Gasteiger partial charge on any atom is -0.388 e. The molecule has 2 amide bonds. The number of aliphatic hydroxyl groups is 1. The molecule has 9 heteroatoms. The Labute approximate surface area is 175 Å². The number of fused-ring (bicyclic) bond motifs is 1. The zero-order chi connectivity index (χ0) is 21.0. The number of piperidine rings is 1. The van der Waals surface area contributed by atoms with Crippen molar-refractivity contribution in [3.8, 4) is 0 Å². The second kappa shape index (κ2) is 9.30. The van der Waals surface area contributed by atoms with E-state index in [4.69, 9.17) is 21.2 Å². The average molecular weight is 425 g/mol. The summed E-state index contributed by atoms with van der Waals surface area (Å²) in [5.74, 6) is 0.243. The first-order valence-corrected chi connectivity index (χ1v) is 10.2. The summed E-state index contributed by atoms with van der Waals surface area (Å²) in [6, 6.07) is 3.39. The molecule has 8 nitrogen and oxygen atoms in total. The van der Waals surface area contributed by atoms with Crippen LogP contribution in [0.25, 0.3) is 10.9 Å². The zero-order valence-electron chi connectivity index (χ0n) is 17.1. The topological polar surface area (TPSA) is 99.7 Å². The first-order chi connectivity index (χ1) is 13.8. The molecule has 1 saturated heterocycles. The van der Waals surface area contributed by atoms with Gasteiger partial charge in [-0.3, -0.25) is 9.94 Å². The number of likely N-dealkylation sites (tertiary alicyclic amines) is 1. The van der Waals surface area contributed by atoms with Crippen LogP contribution in [0.4, 0.5) is 4.79 Å². The Bertz CT molecular complexity index is 833. The standard InChI is InChI=1S/C20H29ClN4O4/c1-20(2,18(26)16-11-15(21)10-13-12-22-23-17(13)16)14-4-6-25(7-5-14)19(27)24-29-9-8-28-3/h10-12,14,18,26H,4-9H2,1-3H3,(H,22,23)(H,24,27)/t18-/m1/s1. The largest absolute Gasteiger partial charge is 0.388 e. The number of aromatic amines is 1. The van der Waals surface area contributed by atoms with Gasteiger partial charge < -0.3 is 14.7 Å². The van der Waals surface area contributed by atoms with Gasteiger partial charge in [0, 0.05) is 36.2 Å². The normalized spacial score (nSPS) is 16.9. The van der Waals surface area contributed by atoms with Crippen LogP contribution in [0.15, 0.2) is 18.3 Å². The first-order valence-electron chi connectivity index (χ1n) is 9.80. The van der Waals surface area contributed by atoms with Crippen LogP contribution in [0, 0.1) is 11.3 Å². The number of benzene rings is 1. The van der Waals surface area contributed by atoms with Gasteiger partial charge in [0.2, 0.25) is 0 Å². The van der Waals surface area contributed by atoms with E-state index < -0.39 is 11.5 Å². The highest BCUT2D eigenvalue weighted by atomic mass is 35.5. The number of ether oxygens (including phenoxy) is 1. The lowest BCUT2D eigenvalue weighted by Crippen LogP contribution is -2.47. The van der Waals surface area contributed by atoms with Gasteiger partial charge >= 0.3 is 6.03 Å². The molecule has 1 atom stereocenters. The molecule has 1 aromatic heterocycles. The number of carbonyl (C=O) groups is 1. The maximum Gasteiger partial charge on any atom is 0.341 e. The summed E-state index contributed by atoms with van der Waals surface area (Å²) in [5, 5.41) is 19.8. The fourth-order valence-corrected chi connectivity index (χ4v) is 4.25. The van der Waals surface area contributed by atoms with Gasteiger partial charge in [-0.25, -0.2) is 10.3 Å². The number of nitrogens with zero attached hydrogens (tertiary/aromatic N) is 2. The predicted molar refractivity (Wildman–Crippen MR) is 111 cm³/mol. The van der Waals surface area contributed by atoms with Gasteiger partial charge in [0.25, 0.3) is 0 Å². The number of H-pyrrole nitrogens is 1. The molecule has 29 heavy (non-hydrogen) atoms. The molecule has 0 unspecified atom stereocenters. The van der Waals surface area contributed by atoms with Crippen LogP contribution in [0.1, 0.15) is 38.4 Å². The number of hydrogen-bond donors (Lipinski definition) is 3. The minimum atomic E-state index is -0.716. The molecule has 0 aliphatic carbocycles. The van der Waals surface area contributed by atoms with E-state index in [1.165, 1.54) is 0 Å². The molecule has 1 fully saturated rings. The molecule has 0 bridgehead atoms. The molecule has 1 aliphatic heterocycles. The maximum atomic E-state index is 12.2. The van der Waals surface area contributed by atoms with Gasteiger partial charge in [-0.15, -0.1) is 0 Å². The van der Waals surface area contributed by atoms with E-state index in [9.17, 15) is 9.90 Å². The second-order valence-corrected chi connectivity index (χ2v) is 8.50. The molecular formula is C20H29ClN4O4. The van der Waals surface area contributed by atoms with Gasteiger partial charge in [-0.1, -0.05) is 25.4 Å². The summed E-state index contributed by atoms with van der Waals surface area (Å²) in [5.41, 5.74) is 3.60. The van der Waals surface area contributed by atoms with E-state index in [2.05, 4.69) is 29.5 Å². The summed E-state index contributed by atoms with van der Waals surface area (Å²) in [7, 11) is 1.58. The summed E-state index contributed by atoms with van der Waals surface area (Å²) >= 11 is 6.25. The molecule has 3 rings (SSSR count). The van der Waals surface area contributed by atoms with E-state index in [0.717, 1.165) is 29.3 Å². The Morgan fingerprint density at radius 1 is 1.41 bits per heavy atom. The van der Waals surface area contributed by atoms with Gasteiger partial charge in [-0.2, -0.15) is 5.10 Å². The van der Waals surface area contributed by atoms with Crippen LogP contribution in [0.5, 0.6) is 0 Å². The van der Waals surface area contributed by atoms with E-state index >= 15 is 0 Å². The average Bonchev–Trinajstić information content (AvgIpc) is 3.18. The Kier molecular flexibility index (Phi) is 7.00. The van der Waals surface area contributed by atoms with Crippen LogP contribution < -0.4 is 5.48 Å². The number of carbonyl (C=O) groups excluding carboxylic acids is 1. The maximum absolute atomic E-state index is 12.2. The van der Waals surface area contributed by atoms with Crippen LogP contribution >= 0.6 is 11.6 Å². The van der Waals surface area contributed by atoms with Gasteiger partial charge in [0.15, 0.2) is 0 Å². The van der Waals surface area contributed by atoms with Crippen molar-refractivity contribution >= 4 is 28.5 Å². The van der Waals surface area contributed by atoms with Crippen molar-refractivity contribution in [2.75, 3.05) is 33.4 Å². The quantitative estimate of drug-likeness (QED) is 0.468. The Morgan fingerprint density at radius 2 is 2.14 bits per heavy atom. The minimum absolute atomic E-state index is 0.243. The predicted octanol–water partition coefficient (Wildman–Crippen LogP) is 3.28. The monoisotopic (exact) mass is 424 g/mol. The van der Waals surface area contributed by atoms with Crippen LogP contribution in [0.3, 0.4) is 0 Å². The Hall–Kier alpha value is -1.87. The number of methoxy groups -OCH3 is 1. The number of rotatable bonds is 7. The molecule has 1 aromatic carbocycles. The third-order valence-corrected chi connectivity index (χ3v) is 6.15. The lowest BCUT2D eigenvalue weighted by Gasteiger charge is -2.43. The van der Waals surface area contributed by atoms with Crippen molar-refractivity contribution in [3.05, 3.63) is 28.9 Å². The molecule has 2 heterocycles. The lowest BCUT2D eigenvalue weighted by molar-refractivity contribution is -0.0199. The number of nitrogens with one attached hydrogen (secondary N) is 2. The SMILES string of the molecule is COCCONC(=O)N1CCC(C(C)(C)[C@H](O)c2cc(Cl)cc3cn[nH]c23)CC1. The highest BCUT2D eigenvalue weighted by Crippen LogP contribution is 2.46. The molecule has 3 N–H and O–H groups in total. The van der Waals surface area contributed by atoms with Crippen molar-refractivity contribution in [2.24, 2.45) is 11.3 Å². The number of halogens is 1. The number of hydrogen-bond acceptors (Lipinski definition) is 5. The van der Waals surface area contributed by atoms with Gasteiger partial charge in [0.1, 0.15) is 0 Å². The van der Waals surface area contributed by atoms with Crippen LogP contribution in [-0.4, -0.2) is 59.6 Å². The van der Waals surface area contributed by atoms with Crippen molar-refractivity contribution in [1.82, 2.24) is 20.6 Å². The smallest absolute Gasteiger partial charge is 0.341 e. The van der Waals surface area contributed by atoms with Gasteiger partial charge in [0.05, 0.1) is 31.0 Å². The van der Waals surface area contributed by atoms with E-state index in [0.29, 0.717) is 31.3 Å². The Balaban J connectivity index is 1.63. The summed E-state index contributed by atoms with van der Waals surface area (Å²) in [6.07, 6.45) is 2.58. The summed E-state index contributed by atoms with van der Waals surface area (Å²) in [4.78, 5) is 19.0. The number of hydroxylamine groups is 1. The highest BCUT2D eigenvalue weighted by molar-refractivity contribution is 6.31. The molecule has 0 saturated carbocycles. The van der Waals surface area contributed by atoms with Crippen LogP contribution in [0.2, 0.25) is 5.02 Å². The molecule has 0 spiro atoms. The van der Waals surface area contributed by atoms with Crippen molar-refractivity contribution in [3.63, 3.8) is 0 Å². The summed E-state index contributed by atoms with van der Waals surface area (Å²) < 4.78 is 4.88. The molecule has 1 aliphatic rings. The van der Waals surface area contributed by atoms with E-state index in [1.807, 2.05) is 6.07 Å². The molecule has 0 radical (unpaired) electrons. The van der Waals surface area contributed by atoms with Crippen molar-refractivity contribution in [2.45, 2.75) is 32.8 Å². The van der Waals surface area contributed by atoms with Gasteiger partial charge in [-0.05, 0) is 36.3 Å². The third kappa shape index (κ3) is 4.83. The first kappa shape index (κ1) is 21.8.